The quantitative estimate of drug-likeness (QED) is 0.784. The fourth-order valence-corrected chi connectivity index (χ4v) is 4.93. The number of aromatic nitrogens is 1. The van der Waals surface area contributed by atoms with E-state index < -0.39 is 15.8 Å². The van der Waals surface area contributed by atoms with Crippen molar-refractivity contribution in [1.29, 1.82) is 0 Å². The molecule has 0 radical (unpaired) electrons. The van der Waals surface area contributed by atoms with Crippen LogP contribution in [-0.4, -0.2) is 36.5 Å². The minimum atomic E-state index is -3.67. The molecule has 0 bridgehead atoms. The summed E-state index contributed by atoms with van der Waals surface area (Å²) in [5.74, 6) is 0.0316. The van der Waals surface area contributed by atoms with Crippen LogP contribution in [0.25, 0.3) is 0 Å². The zero-order valence-electron chi connectivity index (χ0n) is 15.2. The van der Waals surface area contributed by atoms with Crippen LogP contribution in [-0.2, 0) is 10.0 Å². The minimum Gasteiger partial charge on any atom is -0.487 e. The number of benzene rings is 1. The Labute approximate surface area is 157 Å². The fraction of sp³-hybridized carbons (Fsp3) is 0.421. The molecule has 1 aliphatic heterocycles. The Bertz CT molecular complexity index is 1050. The van der Waals surface area contributed by atoms with E-state index in [-0.39, 0.29) is 35.2 Å². The summed E-state index contributed by atoms with van der Waals surface area (Å²) in [6.45, 7) is 3.80. The van der Waals surface area contributed by atoms with Gasteiger partial charge in [0.25, 0.3) is 5.56 Å². The highest BCUT2D eigenvalue weighted by atomic mass is 32.2. The highest BCUT2D eigenvalue weighted by molar-refractivity contribution is 7.89. The zero-order chi connectivity index (χ0) is 19.3. The molecule has 144 valence electrons. The van der Waals surface area contributed by atoms with Crippen LogP contribution in [0.3, 0.4) is 0 Å². The number of rotatable bonds is 5. The number of sulfonamides is 1. The lowest BCUT2D eigenvalue weighted by Gasteiger charge is -2.37. The first-order valence-corrected chi connectivity index (χ1v) is 10.4. The van der Waals surface area contributed by atoms with Crippen molar-refractivity contribution in [3.8, 4) is 5.75 Å². The van der Waals surface area contributed by atoms with Gasteiger partial charge in [0.2, 0.25) is 10.0 Å². The lowest BCUT2D eigenvalue weighted by molar-refractivity contribution is 0.0758. The number of halogens is 1. The van der Waals surface area contributed by atoms with Gasteiger partial charge in [-0.15, -0.1) is 0 Å². The largest absolute Gasteiger partial charge is 0.487 e. The molecule has 2 aromatic rings. The van der Waals surface area contributed by atoms with Crippen molar-refractivity contribution >= 4 is 10.0 Å². The van der Waals surface area contributed by atoms with Gasteiger partial charge >= 0.3 is 0 Å². The molecule has 2 heterocycles. The molecule has 1 aromatic carbocycles. The van der Waals surface area contributed by atoms with E-state index in [1.54, 1.807) is 4.57 Å². The predicted octanol–water partition coefficient (Wildman–Crippen LogP) is 2.39. The summed E-state index contributed by atoms with van der Waals surface area (Å²) in [6.07, 6.45) is 1.75. The first kappa shape index (κ1) is 18.2. The topological polar surface area (TPSA) is 68.6 Å². The summed E-state index contributed by atoms with van der Waals surface area (Å²) in [5.41, 5.74) is 1.06. The van der Waals surface area contributed by atoms with Crippen LogP contribution in [0.5, 0.6) is 5.75 Å². The van der Waals surface area contributed by atoms with Crippen molar-refractivity contribution in [2.45, 2.75) is 43.7 Å². The molecule has 1 aliphatic carbocycles. The van der Waals surface area contributed by atoms with Gasteiger partial charge in [-0.2, -0.15) is 4.31 Å². The molecule has 1 aromatic heterocycles. The Morgan fingerprint density at radius 2 is 1.81 bits per heavy atom. The number of aryl methyl sites for hydroxylation is 2. The van der Waals surface area contributed by atoms with Gasteiger partial charge < -0.3 is 9.30 Å². The van der Waals surface area contributed by atoms with Crippen molar-refractivity contribution < 1.29 is 17.5 Å². The molecular formula is C19H21FN2O4S. The van der Waals surface area contributed by atoms with Crippen LogP contribution >= 0.6 is 0 Å². The molecule has 2 aliphatic rings. The Morgan fingerprint density at radius 3 is 2.41 bits per heavy atom. The SMILES string of the molecule is Cc1cc(S(=O)(=O)N2CC(Oc3cc(C)n(C4CC4)c(=O)c3)C2)ccc1F. The highest BCUT2D eigenvalue weighted by Gasteiger charge is 2.38. The Balaban J connectivity index is 1.43. The number of nitrogens with zero attached hydrogens (tertiary/aromatic N) is 2. The lowest BCUT2D eigenvalue weighted by atomic mass is 10.2. The normalized spacial score (nSPS) is 18.3. The van der Waals surface area contributed by atoms with Gasteiger partial charge in [-0.05, 0) is 56.5 Å². The monoisotopic (exact) mass is 392 g/mol. The maximum Gasteiger partial charge on any atom is 0.254 e. The maximum absolute atomic E-state index is 13.4. The predicted molar refractivity (Wildman–Crippen MR) is 98.0 cm³/mol. The smallest absolute Gasteiger partial charge is 0.254 e. The van der Waals surface area contributed by atoms with Crippen molar-refractivity contribution in [3.63, 3.8) is 0 Å². The van der Waals surface area contributed by atoms with Crippen LogP contribution in [0.1, 0.15) is 30.1 Å². The summed E-state index contributed by atoms with van der Waals surface area (Å²) in [5, 5.41) is 0. The second kappa shape index (κ2) is 6.45. The first-order valence-electron chi connectivity index (χ1n) is 8.92. The second-order valence-corrected chi connectivity index (χ2v) is 9.18. The van der Waals surface area contributed by atoms with Crippen LogP contribution in [0.15, 0.2) is 40.0 Å². The van der Waals surface area contributed by atoms with E-state index in [1.807, 2.05) is 13.0 Å². The molecule has 0 N–H and O–H groups in total. The summed E-state index contributed by atoms with van der Waals surface area (Å²) in [6, 6.07) is 7.35. The van der Waals surface area contributed by atoms with Crippen LogP contribution in [0, 0.1) is 19.7 Å². The molecule has 0 atom stereocenters. The molecule has 8 heteroatoms. The molecule has 4 rings (SSSR count). The van der Waals surface area contributed by atoms with Crippen molar-refractivity contribution in [1.82, 2.24) is 8.87 Å². The van der Waals surface area contributed by atoms with E-state index in [4.69, 9.17) is 4.74 Å². The standard InChI is InChI=1S/C19H21FN2O4S/c1-12-7-17(5-6-18(12)20)27(24,25)21-10-16(11-21)26-15-8-13(2)22(14-3-4-14)19(23)9-15/h5-9,14,16H,3-4,10-11H2,1-2H3. The third-order valence-corrected chi connectivity index (χ3v) is 6.86. The molecule has 0 unspecified atom stereocenters. The molecule has 0 amide bonds. The Kier molecular flexibility index (Phi) is 4.35. The first-order chi connectivity index (χ1) is 12.8. The number of pyridine rings is 1. The van der Waals surface area contributed by atoms with E-state index in [9.17, 15) is 17.6 Å². The van der Waals surface area contributed by atoms with E-state index in [2.05, 4.69) is 0 Å². The van der Waals surface area contributed by atoms with Gasteiger partial charge in [-0.25, -0.2) is 12.8 Å². The summed E-state index contributed by atoms with van der Waals surface area (Å²) < 4.78 is 47.5. The second-order valence-electron chi connectivity index (χ2n) is 7.24. The number of ether oxygens (including phenoxy) is 1. The fourth-order valence-electron chi connectivity index (χ4n) is 3.34. The molecule has 1 saturated heterocycles. The van der Waals surface area contributed by atoms with Crippen LogP contribution in [0.4, 0.5) is 4.39 Å². The van der Waals surface area contributed by atoms with Gasteiger partial charge in [0, 0.05) is 17.8 Å². The lowest BCUT2D eigenvalue weighted by Crippen LogP contribution is -2.56. The summed E-state index contributed by atoms with van der Waals surface area (Å²) in [7, 11) is -3.67. The molecule has 6 nitrogen and oxygen atoms in total. The average molecular weight is 392 g/mol. The van der Waals surface area contributed by atoms with Gasteiger partial charge in [0.15, 0.2) is 0 Å². The Hall–Kier alpha value is -2.19. The third-order valence-electron chi connectivity index (χ3n) is 5.03. The Morgan fingerprint density at radius 1 is 1.11 bits per heavy atom. The van der Waals surface area contributed by atoms with Crippen molar-refractivity contribution in [2.24, 2.45) is 0 Å². The van der Waals surface area contributed by atoms with Crippen molar-refractivity contribution in [2.75, 3.05) is 13.1 Å². The van der Waals surface area contributed by atoms with Gasteiger partial charge in [0.1, 0.15) is 17.7 Å². The number of hydrogen-bond donors (Lipinski definition) is 0. The molecular weight excluding hydrogens is 371 g/mol. The summed E-state index contributed by atoms with van der Waals surface area (Å²) in [4.78, 5) is 12.3. The molecule has 0 spiro atoms. The number of hydrogen-bond acceptors (Lipinski definition) is 4. The minimum absolute atomic E-state index is 0.0720. The van der Waals surface area contributed by atoms with Crippen molar-refractivity contribution in [3.05, 3.63) is 57.8 Å². The molecule has 1 saturated carbocycles. The van der Waals surface area contributed by atoms with E-state index in [0.717, 1.165) is 24.6 Å². The summed E-state index contributed by atoms with van der Waals surface area (Å²) >= 11 is 0. The van der Waals surface area contributed by atoms with Gasteiger partial charge in [-0.3, -0.25) is 4.79 Å². The van der Waals surface area contributed by atoms with Crippen LogP contribution in [0.2, 0.25) is 0 Å². The zero-order valence-corrected chi connectivity index (χ0v) is 16.0. The van der Waals surface area contributed by atoms with Crippen LogP contribution < -0.4 is 10.3 Å². The highest BCUT2D eigenvalue weighted by Crippen LogP contribution is 2.35. The van der Waals surface area contributed by atoms with Gasteiger partial charge in [0.05, 0.1) is 18.0 Å². The van der Waals surface area contributed by atoms with E-state index in [1.165, 1.54) is 29.4 Å². The van der Waals surface area contributed by atoms with E-state index in [0.29, 0.717) is 11.8 Å². The maximum atomic E-state index is 13.4. The van der Waals surface area contributed by atoms with Gasteiger partial charge in [-0.1, -0.05) is 0 Å². The third kappa shape index (κ3) is 3.39. The molecule has 2 fully saturated rings. The molecule has 27 heavy (non-hydrogen) atoms. The van der Waals surface area contributed by atoms with E-state index >= 15 is 0 Å². The average Bonchev–Trinajstić information content (AvgIpc) is 3.37.